The van der Waals surface area contributed by atoms with Crippen molar-refractivity contribution >= 4 is 0 Å². The molecule has 0 bridgehead atoms. The van der Waals surface area contributed by atoms with Gasteiger partial charge in [-0.25, -0.2) is 0 Å². The molecule has 0 aromatic rings. The lowest BCUT2D eigenvalue weighted by atomic mass is 9.55. The highest BCUT2D eigenvalue weighted by Crippen LogP contribution is 2.54. The fraction of sp³-hybridized carbons (Fsp3) is 1.00. The summed E-state index contributed by atoms with van der Waals surface area (Å²) in [5, 5.41) is 3.44. The van der Waals surface area contributed by atoms with Crippen molar-refractivity contribution in [3.8, 4) is 0 Å². The molecule has 2 saturated heterocycles. The Hall–Kier alpha value is -0.120. The van der Waals surface area contributed by atoms with E-state index in [0.717, 1.165) is 39.4 Å². The van der Waals surface area contributed by atoms with Crippen LogP contribution in [0.5, 0.6) is 0 Å². The van der Waals surface area contributed by atoms with E-state index in [-0.39, 0.29) is 11.0 Å². The maximum Gasteiger partial charge on any atom is 0.0567 e. The summed E-state index contributed by atoms with van der Waals surface area (Å²) >= 11 is 0. The standard InChI is InChI=1S/C14H28N2O/c1-12(2,3)14(10-17-11-14)13(4,5)16-8-6-15-7-9-16/h15H,6-11H2,1-5H3. The number of ether oxygens (including phenoxy) is 1. The second-order valence-electron chi connectivity index (χ2n) is 7.12. The van der Waals surface area contributed by atoms with Crippen LogP contribution < -0.4 is 5.32 Å². The molecule has 1 N–H and O–H groups in total. The molecule has 0 saturated carbocycles. The van der Waals surface area contributed by atoms with Crippen molar-refractivity contribution in [3.63, 3.8) is 0 Å². The van der Waals surface area contributed by atoms with E-state index in [9.17, 15) is 0 Å². The molecule has 0 unspecified atom stereocenters. The first-order valence-corrected chi connectivity index (χ1v) is 6.85. The number of hydrogen-bond donors (Lipinski definition) is 1. The molecule has 0 atom stereocenters. The topological polar surface area (TPSA) is 24.5 Å². The summed E-state index contributed by atoms with van der Waals surface area (Å²) < 4.78 is 5.60. The molecule has 0 aromatic carbocycles. The lowest BCUT2D eigenvalue weighted by molar-refractivity contribution is -0.236. The summed E-state index contributed by atoms with van der Waals surface area (Å²) in [7, 11) is 0. The molecule has 0 spiro atoms. The second kappa shape index (κ2) is 4.22. The smallest absolute Gasteiger partial charge is 0.0567 e. The van der Waals surface area contributed by atoms with Crippen molar-refractivity contribution in [1.29, 1.82) is 0 Å². The molecule has 2 heterocycles. The largest absolute Gasteiger partial charge is 0.380 e. The Kier molecular flexibility index (Phi) is 3.30. The molecule has 3 nitrogen and oxygen atoms in total. The van der Waals surface area contributed by atoms with Crippen molar-refractivity contribution in [1.82, 2.24) is 10.2 Å². The van der Waals surface area contributed by atoms with E-state index in [1.165, 1.54) is 0 Å². The summed E-state index contributed by atoms with van der Waals surface area (Å²) in [5.41, 5.74) is 0.794. The van der Waals surface area contributed by atoms with E-state index in [4.69, 9.17) is 4.74 Å². The van der Waals surface area contributed by atoms with Gasteiger partial charge in [-0.1, -0.05) is 20.8 Å². The molecule has 2 aliphatic heterocycles. The Bertz CT molecular complexity index is 270. The van der Waals surface area contributed by atoms with Crippen LogP contribution >= 0.6 is 0 Å². The lowest BCUT2D eigenvalue weighted by Gasteiger charge is -2.63. The summed E-state index contributed by atoms with van der Waals surface area (Å²) in [6, 6.07) is 0. The van der Waals surface area contributed by atoms with E-state index < -0.39 is 0 Å². The molecule has 0 aromatic heterocycles. The predicted octanol–water partition coefficient (Wildman–Crippen LogP) is 1.73. The molecule has 0 aliphatic carbocycles. The average molecular weight is 240 g/mol. The molecule has 3 heteroatoms. The highest BCUT2D eigenvalue weighted by atomic mass is 16.5. The number of nitrogens with zero attached hydrogens (tertiary/aromatic N) is 1. The van der Waals surface area contributed by atoms with Gasteiger partial charge in [0.05, 0.1) is 13.2 Å². The quantitative estimate of drug-likeness (QED) is 0.795. The molecule has 2 rings (SSSR count). The van der Waals surface area contributed by atoms with Gasteiger partial charge >= 0.3 is 0 Å². The molecular formula is C14H28N2O. The van der Waals surface area contributed by atoms with E-state index in [1.807, 2.05) is 0 Å². The minimum atomic E-state index is 0.214. The Labute approximate surface area is 106 Å². The maximum absolute atomic E-state index is 5.60. The number of piperazine rings is 1. The zero-order chi connectivity index (χ0) is 12.7. The van der Waals surface area contributed by atoms with Crippen LogP contribution in [0.4, 0.5) is 0 Å². The first-order chi connectivity index (χ1) is 7.81. The van der Waals surface area contributed by atoms with E-state index in [0.29, 0.717) is 5.41 Å². The van der Waals surface area contributed by atoms with Crippen molar-refractivity contribution in [3.05, 3.63) is 0 Å². The normalized spacial score (nSPS) is 26.6. The zero-order valence-electron chi connectivity index (χ0n) is 12.1. The van der Waals surface area contributed by atoms with Crippen molar-refractivity contribution < 1.29 is 4.74 Å². The average Bonchev–Trinajstić information content (AvgIpc) is 2.14. The van der Waals surface area contributed by atoms with Crippen LogP contribution in [0.15, 0.2) is 0 Å². The molecule has 100 valence electrons. The van der Waals surface area contributed by atoms with Crippen molar-refractivity contribution in [2.45, 2.75) is 40.2 Å². The van der Waals surface area contributed by atoms with Gasteiger partial charge in [-0.15, -0.1) is 0 Å². The van der Waals surface area contributed by atoms with Crippen LogP contribution in [0.25, 0.3) is 0 Å². The van der Waals surface area contributed by atoms with Gasteiger partial charge in [0.15, 0.2) is 0 Å². The zero-order valence-corrected chi connectivity index (χ0v) is 12.1. The van der Waals surface area contributed by atoms with Crippen LogP contribution in [-0.2, 0) is 4.74 Å². The number of rotatable bonds is 2. The number of nitrogens with one attached hydrogen (secondary N) is 1. The highest BCUT2D eigenvalue weighted by Gasteiger charge is 2.59. The van der Waals surface area contributed by atoms with E-state index >= 15 is 0 Å². The van der Waals surface area contributed by atoms with Crippen LogP contribution in [-0.4, -0.2) is 49.8 Å². The third-order valence-corrected chi connectivity index (χ3v) is 5.21. The Morgan fingerprint density at radius 1 is 1.00 bits per heavy atom. The first kappa shape index (κ1) is 13.3. The van der Waals surface area contributed by atoms with Gasteiger partial charge in [0, 0.05) is 37.1 Å². The number of hydrogen-bond acceptors (Lipinski definition) is 3. The molecule has 2 aliphatic rings. The minimum absolute atomic E-state index is 0.214. The predicted molar refractivity (Wildman–Crippen MR) is 71.2 cm³/mol. The maximum atomic E-state index is 5.60. The van der Waals surface area contributed by atoms with Crippen molar-refractivity contribution in [2.24, 2.45) is 10.8 Å². The van der Waals surface area contributed by atoms with E-state index in [1.54, 1.807) is 0 Å². The van der Waals surface area contributed by atoms with Crippen LogP contribution in [0, 0.1) is 10.8 Å². The lowest BCUT2D eigenvalue weighted by Crippen LogP contribution is -2.71. The fourth-order valence-electron chi connectivity index (χ4n) is 3.54. The van der Waals surface area contributed by atoms with Gasteiger partial charge in [-0.2, -0.15) is 0 Å². The summed E-state index contributed by atoms with van der Waals surface area (Å²) in [5.74, 6) is 0. The molecular weight excluding hydrogens is 212 g/mol. The van der Waals surface area contributed by atoms with Gasteiger partial charge in [0.1, 0.15) is 0 Å². The van der Waals surface area contributed by atoms with Gasteiger partial charge in [-0.3, -0.25) is 4.90 Å². The Morgan fingerprint density at radius 2 is 1.53 bits per heavy atom. The fourth-order valence-corrected chi connectivity index (χ4v) is 3.54. The monoisotopic (exact) mass is 240 g/mol. The van der Waals surface area contributed by atoms with Gasteiger partial charge in [-0.05, 0) is 19.3 Å². The minimum Gasteiger partial charge on any atom is -0.380 e. The van der Waals surface area contributed by atoms with Crippen LogP contribution in [0.3, 0.4) is 0 Å². The van der Waals surface area contributed by atoms with Crippen molar-refractivity contribution in [2.75, 3.05) is 39.4 Å². The molecule has 0 radical (unpaired) electrons. The Balaban J connectivity index is 2.22. The third kappa shape index (κ3) is 1.92. The summed E-state index contributed by atoms with van der Waals surface area (Å²) in [6.45, 7) is 18.3. The van der Waals surface area contributed by atoms with Crippen LogP contribution in [0.1, 0.15) is 34.6 Å². The summed E-state index contributed by atoms with van der Waals surface area (Å²) in [6.07, 6.45) is 0. The third-order valence-electron chi connectivity index (χ3n) is 5.21. The van der Waals surface area contributed by atoms with Gasteiger partial charge < -0.3 is 10.1 Å². The second-order valence-corrected chi connectivity index (χ2v) is 7.12. The molecule has 0 amide bonds. The van der Waals surface area contributed by atoms with Crippen LogP contribution in [0.2, 0.25) is 0 Å². The molecule has 2 fully saturated rings. The van der Waals surface area contributed by atoms with Gasteiger partial charge in [0.2, 0.25) is 0 Å². The first-order valence-electron chi connectivity index (χ1n) is 6.85. The highest BCUT2D eigenvalue weighted by molar-refractivity contribution is 5.10. The van der Waals surface area contributed by atoms with Gasteiger partial charge in [0.25, 0.3) is 0 Å². The Morgan fingerprint density at radius 3 is 1.88 bits per heavy atom. The SMILES string of the molecule is CC(C)(C)C1(C(C)(C)N2CCNCC2)COC1. The molecule has 17 heavy (non-hydrogen) atoms. The van der Waals surface area contributed by atoms with E-state index in [2.05, 4.69) is 44.8 Å². The summed E-state index contributed by atoms with van der Waals surface area (Å²) in [4.78, 5) is 2.65.